The van der Waals surface area contributed by atoms with Crippen molar-refractivity contribution in [1.82, 2.24) is 9.78 Å². The van der Waals surface area contributed by atoms with Gasteiger partial charge in [-0.15, -0.1) is 0 Å². The smallest absolute Gasteiger partial charge is 0.162 e. The first kappa shape index (κ1) is 11.5. The highest BCUT2D eigenvalue weighted by Gasteiger charge is 2.38. The van der Waals surface area contributed by atoms with Crippen LogP contribution in [0.25, 0.3) is 0 Å². The van der Waals surface area contributed by atoms with Gasteiger partial charge in [-0.25, -0.2) is 0 Å². The van der Waals surface area contributed by atoms with Gasteiger partial charge in [0.05, 0.1) is 13.3 Å². The Morgan fingerprint density at radius 3 is 2.75 bits per heavy atom. The summed E-state index contributed by atoms with van der Waals surface area (Å²) in [5.41, 5.74) is 0.145. The molecule has 1 fully saturated rings. The summed E-state index contributed by atoms with van der Waals surface area (Å²) in [6.07, 6.45) is 6.51. The Morgan fingerprint density at radius 1 is 1.50 bits per heavy atom. The van der Waals surface area contributed by atoms with Crippen molar-refractivity contribution in [2.24, 2.45) is 0 Å². The van der Waals surface area contributed by atoms with Crippen LogP contribution in [0.5, 0.6) is 5.75 Å². The summed E-state index contributed by atoms with van der Waals surface area (Å²) in [6, 6.07) is 0. The maximum absolute atomic E-state index is 10.6. The van der Waals surface area contributed by atoms with Crippen molar-refractivity contribution in [2.45, 2.75) is 51.2 Å². The van der Waals surface area contributed by atoms with Crippen LogP contribution in [0, 0.1) is 0 Å². The molecule has 0 spiro atoms. The lowest BCUT2D eigenvalue weighted by atomic mass is 9.97. The Hall–Kier alpha value is -1.03. The Morgan fingerprint density at radius 2 is 2.19 bits per heavy atom. The van der Waals surface area contributed by atoms with Crippen LogP contribution in [0.1, 0.15) is 44.7 Å². The molecule has 1 aliphatic carbocycles. The average Bonchev–Trinajstić information content (AvgIpc) is 2.86. The van der Waals surface area contributed by atoms with Gasteiger partial charge in [-0.05, 0) is 19.3 Å². The maximum Gasteiger partial charge on any atom is 0.162 e. The number of hydrogen-bond donors (Lipinski definition) is 1. The Kier molecular flexibility index (Phi) is 3.19. The van der Waals surface area contributed by atoms with Crippen molar-refractivity contribution >= 4 is 0 Å². The first-order valence-corrected chi connectivity index (χ1v) is 6.04. The van der Waals surface area contributed by atoms with E-state index in [1.165, 1.54) is 0 Å². The molecule has 0 aromatic carbocycles. The zero-order valence-corrected chi connectivity index (χ0v) is 10.1. The van der Waals surface area contributed by atoms with Gasteiger partial charge in [0, 0.05) is 6.54 Å². The van der Waals surface area contributed by atoms with Crippen LogP contribution in [0.3, 0.4) is 0 Å². The average molecular weight is 224 g/mol. The SMILES string of the molecule is CCCn1ncc(OC)c1C1(O)CCCC1. The van der Waals surface area contributed by atoms with E-state index in [4.69, 9.17) is 4.74 Å². The molecule has 0 aliphatic heterocycles. The van der Waals surface area contributed by atoms with E-state index in [0.717, 1.165) is 50.1 Å². The number of aromatic nitrogens is 2. The monoisotopic (exact) mass is 224 g/mol. The minimum absolute atomic E-state index is 0.720. The summed E-state index contributed by atoms with van der Waals surface area (Å²) in [5.74, 6) is 0.720. The lowest BCUT2D eigenvalue weighted by molar-refractivity contribution is 0.0324. The molecule has 1 aliphatic rings. The van der Waals surface area contributed by atoms with Crippen molar-refractivity contribution in [3.8, 4) is 5.75 Å². The molecular formula is C12H20N2O2. The topological polar surface area (TPSA) is 47.3 Å². The van der Waals surface area contributed by atoms with Crippen LogP contribution in [0.4, 0.5) is 0 Å². The molecule has 1 aromatic heterocycles. The van der Waals surface area contributed by atoms with Crippen LogP contribution >= 0.6 is 0 Å². The van der Waals surface area contributed by atoms with Crippen molar-refractivity contribution in [3.05, 3.63) is 11.9 Å². The molecule has 0 saturated heterocycles. The maximum atomic E-state index is 10.6. The van der Waals surface area contributed by atoms with E-state index < -0.39 is 5.60 Å². The van der Waals surface area contributed by atoms with E-state index in [1.807, 2.05) is 4.68 Å². The fourth-order valence-electron chi connectivity index (χ4n) is 2.57. The molecule has 1 saturated carbocycles. The van der Waals surface area contributed by atoms with Gasteiger partial charge in [0.2, 0.25) is 0 Å². The molecule has 0 atom stereocenters. The van der Waals surface area contributed by atoms with Gasteiger partial charge in [0.25, 0.3) is 0 Å². The molecule has 0 amide bonds. The summed E-state index contributed by atoms with van der Waals surface area (Å²) in [6.45, 7) is 2.94. The summed E-state index contributed by atoms with van der Waals surface area (Å²) in [7, 11) is 1.63. The van der Waals surface area contributed by atoms with Crippen molar-refractivity contribution in [1.29, 1.82) is 0 Å². The number of nitrogens with zero attached hydrogens (tertiary/aromatic N) is 2. The fraction of sp³-hybridized carbons (Fsp3) is 0.750. The molecule has 16 heavy (non-hydrogen) atoms. The molecule has 90 valence electrons. The number of aliphatic hydroxyl groups is 1. The molecule has 2 rings (SSSR count). The summed E-state index contributed by atoms with van der Waals surface area (Å²) in [4.78, 5) is 0. The van der Waals surface area contributed by atoms with Gasteiger partial charge in [-0.3, -0.25) is 4.68 Å². The number of rotatable bonds is 4. The zero-order chi connectivity index (χ0) is 11.6. The van der Waals surface area contributed by atoms with E-state index in [2.05, 4.69) is 12.0 Å². The van der Waals surface area contributed by atoms with Gasteiger partial charge in [0.15, 0.2) is 5.75 Å². The van der Waals surface area contributed by atoms with E-state index >= 15 is 0 Å². The predicted molar refractivity (Wildman–Crippen MR) is 61.4 cm³/mol. The second-order valence-electron chi connectivity index (χ2n) is 4.52. The number of ether oxygens (including phenoxy) is 1. The molecular weight excluding hydrogens is 204 g/mol. The summed E-state index contributed by atoms with van der Waals surface area (Å²) >= 11 is 0. The minimum Gasteiger partial charge on any atom is -0.493 e. The predicted octanol–water partition coefficient (Wildman–Crippen LogP) is 2.06. The van der Waals surface area contributed by atoms with E-state index in [-0.39, 0.29) is 0 Å². The Bertz CT molecular complexity index is 354. The quantitative estimate of drug-likeness (QED) is 0.851. The standard InChI is InChI=1S/C12H20N2O2/c1-3-8-14-11(10(16-2)9-13-14)12(15)6-4-5-7-12/h9,15H,3-8H2,1-2H3. The lowest BCUT2D eigenvalue weighted by Gasteiger charge is -2.24. The molecule has 4 heteroatoms. The van der Waals surface area contributed by atoms with Crippen LogP contribution in [-0.4, -0.2) is 22.0 Å². The summed E-state index contributed by atoms with van der Waals surface area (Å²) < 4.78 is 7.20. The number of aryl methyl sites for hydroxylation is 1. The highest BCUT2D eigenvalue weighted by Crippen LogP contribution is 2.42. The Balaban J connectivity index is 2.38. The normalized spacial score (nSPS) is 18.9. The molecule has 1 N–H and O–H groups in total. The lowest BCUT2D eigenvalue weighted by Crippen LogP contribution is -2.26. The van der Waals surface area contributed by atoms with E-state index in [1.54, 1.807) is 13.3 Å². The second-order valence-corrected chi connectivity index (χ2v) is 4.52. The highest BCUT2D eigenvalue weighted by atomic mass is 16.5. The first-order chi connectivity index (χ1) is 7.71. The van der Waals surface area contributed by atoms with Crippen molar-refractivity contribution in [3.63, 3.8) is 0 Å². The van der Waals surface area contributed by atoms with Crippen molar-refractivity contribution in [2.75, 3.05) is 7.11 Å². The second kappa shape index (κ2) is 4.45. The fourth-order valence-corrected chi connectivity index (χ4v) is 2.57. The van der Waals surface area contributed by atoms with Crippen LogP contribution in [0.15, 0.2) is 6.20 Å². The van der Waals surface area contributed by atoms with Gasteiger partial charge in [-0.1, -0.05) is 19.8 Å². The van der Waals surface area contributed by atoms with Crippen molar-refractivity contribution < 1.29 is 9.84 Å². The number of methoxy groups -OCH3 is 1. The molecule has 0 bridgehead atoms. The third kappa shape index (κ3) is 1.82. The van der Waals surface area contributed by atoms with Gasteiger partial charge in [-0.2, -0.15) is 5.10 Å². The largest absolute Gasteiger partial charge is 0.493 e. The highest BCUT2D eigenvalue weighted by molar-refractivity contribution is 5.31. The van der Waals surface area contributed by atoms with E-state index in [9.17, 15) is 5.11 Å². The number of hydrogen-bond acceptors (Lipinski definition) is 3. The van der Waals surface area contributed by atoms with Gasteiger partial charge < -0.3 is 9.84 Å². The molecule has 1 aromatic rings. The van der Waals surface area contributed by atoms with Crippen LogP contribution < -0.4 is 4.74 Å². The zero-order valence-electron chi connectivity index (χ0n) is 10.1. The van der Waals surface area contributed by atoms with Crippen LogP contribution in [-0.2, 0) is 12.1 Å². The third-order valence-electron chi connectivity index (χ3n) is 3.33. The Labute approximate surface area is 96.2 Å². The van der Waals surface area contributed by atoms with Gasteiger partial charge in [0.1, 0.15) is 11.3 Å². The third-order valence-corrected chi connectivity index (χ3v) is 3.33. The van der Waals surface area contributed by atoms with Gasteiger partial charge >= 0.3 is 0 Å². The molecule has 1 heterocycles. The van der Waals surface area contributed by atoms with Crippen LogP contribution in [0.2, 0.25) is 0 Å². The molecule has 4 nitrogen and oxygen atoms in total. The first-order valence-electron chi connectivity index (χ1n) is 6.04. The molecule has 0 unspecified atom stereocenters. The minimum atomic E-state index is -0.725. The summed E-state index contributed by atoms with van der Waals surface area (Å²) in [5, 5.41) is 14.9. The molecule has 0 radical (unpaired) electrons. The van der Waals surface area contributed by atoms with E-state index in [0.29, 0.717) is 0 Å².